The van der Waals surface area contributed by atoms with Crippen molar-refractivity contribution in [2.24, 2.45) is 5.73 Å². The van der Waals surface area contributed by atoms with E-state index in [0.717, 1.165) is 37.5 Å². The molecular weight excluding hydrogens is 204 g/mol. The lowest BCUT2D eigenvalue weighted by molar-refractivity contribution is 0.150. The van der Waals surface area contributed by atoms with Gasteiger partial charge < -0.3 is 10.3 Å². The number of likely N-dealkylation sites (tertiary alicyclic amines) is 1. The lowest BCUT2D eigenvalue weighted by Crippen LogP contribution is -2.29. The number of aromatic nitrogens is 2. The average molecular weight is 224 g/mol. The Morgan fingerprint density at radius 1 is 1.50 bits per heavy atom. The minimum atomic E-state index is 0.313. The van der Waals surface area contributed by atoms with E-state index in [9.17, 15) is 0 Å². The molecule has 2 N–H and O–H groups in total. The normalized spacial score (nSPS) is 22.5. The van der Waals surface area contributed by atoms with Crippen LogP contribution in [0.25, 0.3) is 0 Å². The van der Waals surface area contributed by atoms with Crippen LogP contribution in [0.15, 0.2) is 4.52 Å². The van der Waals surface area contributed by atoms with Crippen molar-refractivity contribution >= 4 is 0 Å². The molecule has 0 bridgehead atoms. The molecule has 1 aromatic rings. The number of piperidine rings is 1. The van der Waals surface area contributed by atoms with Crippen LogP contribution in [-0.4, -0.2) is 35.2 Å². The number of aryl methyl sites for hydroxylation is 1. The van der Waals surface area contributed by atoms with Crippen molar-refractivity contribution in [3.05, 3.63) is 11.7 Å². The quantitative estimate of drug-likeness (QED) is 0.830. The molecule has 1 unspecified atom stereocenters. The molecule has 0 radical (unpaired) electrons. The molecule has 1 saturated heterocycles. The van der Waals surface area contributed by atoms with E-state index in [2.05, 4.69) is 22.1 Å². The van der Waals surface area contributed by atoms with Crippen LogP contribution in [0.2, 0.25) is 0 Å². The Balaban J connectivity index is 1.99. The highest BCUT2D eigenvalue weighted by Crippen LogP contribution is 2.28. The standard InChI is InChI=1S/C11H20N4O/c1-15-8-3-2-5-9(15)11-13-10(14-16-11)6-4-7-12/h9H,2-8,12H2,1H3. The van der Waals surface area contributed by atoms with Crippen LogP contribution in [0.3, 0.4) is 0 Å². The summed E-state index contributed by atoms with van der Waals surface area (Å²) < 4.78 is 5.33. The maximum atomic E-state index is 5.45. The van der Waals surface area contributed by atoms with Crippen molar-refractivity contribution in [2.45, 2.75) is 38.1 Å². The third-order valence-electron chi connectivity index (χ3n) is 3.14. The smallest absolute Gasteiger partial charge is 0.243 e. The molecule has 0 saturated carbocycles. The first-order valence-corrected chi connectivity index (χ1v) is 6.04. The predicted octanol–water partition coefficient (Wildman–Crippen LogP) is 1.12. The maximum absolute atomic E-state index is 5.45. The van der Waals surface area contributed by atoms with Crippen LogP contribution in [0.5, 0.6) is 0 Å². The van der Waals surface area contributed by atoms with Crippen LogP contribution < -0.4 is 5.73 Å². The van der Waals surface area contributed by atoms with E-state index in [1.165, 1.54) is 12.8 Å². The summed E-state index contributed by atoms with van der Waals surface area (Å²) in [6.07, 6.45) is 5.36. The molecule has 1 aromatic heterocycles. The second-order valence-corrected chi connectivity index (χ2v) is 4.43. The first-order valence-electron chi connectivity index (χ1n) is 6.04. The van der Waals surface area contributed by atoms with Crippen molar-refractivity contribution in [1.29, 1.82) is 0 Å². The van der Waals surface area contributed by atoms with E-state index in [1.807, 2.05) is 0 Å². The Kier molecular flexibility index (Phi) is 3.90. The molecule has 1 aliphatic heterocycles. The highest BCUT2D eigenvalue weighted by Gasteiger charge is 2.25. The van der Waals surface area contributed by atoms with Gasteiger partial charge in [0.1, 0.15) is 0 Å². The van der Waals surface area contributed by atoms with Gasteiger partial charge >= 0.3 is 0 Å². The van der Waals surface area contributed by atoms with Gasteiger partial charge in [0.15, 0.2) is 5.82 Å². The molecular formula is C11H20N4O. The van der Waals surface area contributed by atoms with Crippen molar-refractivity contribution in [2.75, 3.05) is 20.1 Å². The highest BCUT2D eigenvalue weighted by molar-refractivity contribution is 4.95. The molecule has 16 heavy (non-hydrogen) atoms. The number of hydrogen-bond donors (Lipinski definition) is 1. The highest BCUT2D eigenvalue weighted by atomic mass is 16.5. The van der Waals surface area contributed by atoms with Gasteiger partial charge in [-0.3, -0.25) is 4.90 Å². The summed E-state index contributed by atoms with van der Waals surface area (Å²) in [6, 6.07) is 0.313. The van der Waals surface area contributed by atoms with Crippen LogP contribution in [0.1, 0.15) is 43.4 Å². The second-order valence-electron chi connectivity index (χ2n) is 4.43. The Morgan fingerprint density at radius 2 is 2.38 bits per heavy atom. The largest absolute Gasteiger partial charge is 0.338 e. The first kappa shape index (κ1) is 11.5. The zero-order valence-corrected chi connectivity index (χ0v) is 9.85. The first-order chi connectivity index (χ1) is 7.81. The molecule has 1 aliphatic rings. The van der Waals surface area contributed by atoms with Gasteiger partial charge in [0.05, 0.1) is 6.04 Å². The van der Waals surface area contributed by atoms with E-state index in [1.54, 1.807) is 0 Å². The molecule has 0 aromatic carbocycles. The second kappa shape index (κ2) is 5.41. The van der Waals surface area contributed by atoms with Gasteiger partial charge in [-0.15, -0.1) is 0 Å². The van der Waals surface area contributed by atoms with E-state index in [0.29, 0.717) is 12.6 Å². The van der Waals surface area contributed by atoms with Gasteiger partial charge in [-0.05, 0) is 39.4 Å². The van der Waals surface area contributed by atoms with Crippen LogP contribution in [-0.2, 0) is 6.42 Å². The Labute approximate surface area is 96.0 Å². The molecule has 5 heteroatoms. The topological polar surface area (TPSA) is 68.2 Å². The van der Waals surface area contributed by atoms with Gasteiger partial charge in [0, 0.05) is 6.42 Å². The molecule has 2 rings (SSSR count). The molecule has 0 spiro atoms. The number of rotatable bonds is 4. The lowest BCUT2D eigenvalue weighted by Gasteiger charge is -2.29. The zero-order chi connectivity index (χ0) is 11.4. The fourth-order valence-corrected chi connectivity index (χ4v) is 2.15. The zero-order valence-electron chi connectivity index (χ0n) is 9.85. The van der Waals surface area contributed by atoms with E-state index >= 15 is 0 Å². The fraction of sp³-hybridized carbons (Fsp3) is 0.818. The summed E-state index contributed by atoms with van der Waals surface area (Å²) in [5, 5.41) is 4.00. The van der Waals surface area contributed by atoms with Gasteiger partial charge in [0.25, 0.3) is 0 Å². The monoisotopic (exact) mass is 224 g/mol. The maximum Gasteiger partial charge on any atom is 0.243 e. The molecule has 1 fully saturated rings. The van der Waals surface area contributed by atoms with E-state index in [-0.39, 0.29) is 0 Å². The summed E-state index contributed by atoms with van der Waals surface area (Å²) >= 11 is 0. The SMILES string of the molecule is CN1CCCCC1c1nc(CCCN)no1. The Hall–Kier alpha value is -0.940. The van der Waals surface area contributed by atoms with Crippen LogP contribution >= 0.6 is 0 Å². The summed E-state index contributed by atoms with van der Waals surface area (Å²) in [5.74, 6) is 1.56. The van der Waals surface area contributed by atoms with E-state index < -0.39 is 0 Å². The van der Waals surface area contributed by atoms with Crippen molar-refractivity contribution in [3.63, 3.8) is 0 Å². The summed E-state index contributed by atoms with van der Waals surface area (Å²) in [7, 11) is 2.12. The van der Waals surface area contributed by atoms with Gasteiger partial charge in [-0.25, -0.2) is 0 Å². The van der Waals surface area contributed by atoms with Crippen LogP contribution in [0.4, 0.5) is 0 Å². The summed E-state index contributed by atoms with van der Waals surface area (Å²) in [5.41, 5.74) is 5.45. The molecule has 1 atom stereocenters. The molecule has 0 aliphatic carbocycles. The van der Waals surface area contributed by atoms with Crippen LogP contribution in [0, 0.1) is 0 Å². The predicted molar refractivity (Wildman–Crippen MR) is 60.9 cm³/mol. The molecule has 2 heterocycles. The van der Waals surface area contributed by atoms with Crippen molar-refractivity contribution in [1.82, 2.24) is 15.0 Å². The van der Waals surface area contributed by atoms with Gasteiger partial charge in [0.2, 0.25) is 5.89 Å². The summed E-state index contributed by atoms with van der Waals surface area (Å²) in [4.78, 5) is 6.74. The molecule has 5 nitrogen and oxygen atoms in total. The number of nitrogens with zero attached hydrogens (tertiary/aromatic N) is 3. The molecule has 90 valence electrons. The number of hydrogen-bond acceptors (Lipinski definition) is 5. The Bertz CT molecular complexity index is 326. The third-order valence-corrected chi connectivity index (χ3v) is 3.14. The lowest BCUT2D eigenvalue weighted by atomic mass is 10.0. The van der Waals surface area contributed by atoms with Gasteiger partial charge in [-0.1, -0.05) is 11.6 Å². The minimum Gasteiger partial charge on any atom is -0.338 e. The third kappa shape index (κ3) is 2.59. The Morgan fingerprint density at radius 3 is 3.12 bits per heavy atom. The minimum absolute atomic E-state index is 0.313. The van der Waals surface area contributed by atoms with E-state index in [4.69, 9.17) is 10.3 Å². The van der Waals surface area contributed by atoms with Gasteiger partial charge in [-0.2, -0.15) is 4.98 Å². The summed E-state index contributed by atoms with van der Waals surface area (Å²) in [6.45, 7) is 1.79. The average Bonchev–Trinajstić information content (AvgIpc) is 2.75. The fourth-order valence-electron chi connectivity index (χ4n) is 2.15. The number of nitrogens with two attached hydrogens (primary N) is 1. The molecule has 0 amide bonds. The van der Waals surface area contributed by atoms with Crippen molar-refractivity contribution < 1.29 is 4.52 Å². The van der Waals surface area contributed by atoms with Crippen molar-refractivity contribution in [3.8, 4) is 0 Å².